The Hall–Kier alpha value is -2.54. The largest absolute Gasteiger partial charge is 0.511 e. The van der Waals surface area contributed by atoms with Gasteiger partial charge in [-0.25, -0.2) is 0 Å². The van der Waals surface area contributed by atoms with Crippen LogP contribution in [0.25, 0.3) is 11.1 Å². The minimum Gasteiger partial charge on any atom is -0.511 e. The Labute approximate surface area is 173 Å². The molecule has 29 heavy (non-hydrogen) atoms. The van der Waals surface area contributed by atoms with Crippen molar-refractivity contribution in [2.75, 3.05) is 28.4 Å². The molecule has 3 rings (SSSR count). The fraction of sp³-hybridized carbons (Fsp3) is 0.455. The highest BCUT2D eigenvalue weighted by atomic mass is 28.4. The van der Waals surface area contributed by atoms with Gasteiger partial charge in [-0.15, -0.1) is 0 Å². The zero-order valence-electron chi connectivity index (χ0n) is 18.4. The lowest BCUT2D eigenvalue weighted by Gasteiger charge is -2.36. The van der Waals surface area contributed by atoms with E-state index in [0.717, 1.165) is 22.6 Å². The summed E-state index contributed by atoms with van der Waals surface area (Å²) in [7, 11) is 3.77. The van der Waals surface area contributed by atoms with Gasteiger partial charge in [-0.2, -0.15) is 0 Å². The summed E-state index contributed by atoms with van der Waals surface area (Å²) in [5.74, 6) is 3.93. The maximum absolute atomic E-state index is 6.74. The summed E-state index contributed by atoms with van der Waals surface area (Å²) in [4.78, 5) is 0. The minimum atomic E-state index is -2.71. The van der Waals surface area contributed by atoms with E-state index in [-0.39, 0.29) is 11.1 Å². The lowest BCUT2D eigenvalue weighted by molar-refractivity contribution is 0.339. The predicted octanol–water partition coefficient (Wildman–Crippen LogP) is 5.42. The summed E-state index contributed by atoms with van der Waals surface area (Å²) in [6, 6.07) is 7.62. The first-order valence-corrected chi connectivity index (χ1v) is 11.7. The van der Waals surface area contributed by atoms with Crippen LogP contribution in [0.4, 0.5) is 0 Å². The van der Waals surface area contributed by atoms with Crippen LogP contribution in [0, 0.1) is 0 Å². The summed E-state index contributed by atoms with van der Waals surface area (Å²) < 4.78 is 35.6. The molecule has 0 aromatic heterocycles. The van der Waals surface area contributed by atoms with Gasteiger partial charge in [0.2, 0.25) is 0 Å². The molecule has 2 aromatic rings. The Morgan fingerprint density at radius 2 is 0.897 bits per heavy atom. The molecular formula is C22H30O6Si. The van der Waals surface area contributed by atoms with Crippen molar-refractivity contribution in [2.45, 2.75) is 38.8 Å². The van der Waals surface area contributed by atoms with Crippen LogP contribution >= 0.6 is 0 Å². The predicted molar refractivity (Wildman–Crippen MR) is 115 cm³/mol. The monoisotopic (exact) mass is 418 g/mol. The van der Waals surface area contributed by atoms with E-state index in [1.54, 1.807) is 28.4 Å². The highest BCUT2D eigenvalue weighted by molar-refractivity contribution is 6.71. The smallest absolute Gasteiger partial charge is 0.465 e. The molecule has 6 nitrogen and oxygen atoms in total. The van der Waals surface area contributed by atoms with Crippen molar-refractivity contribution in [2.24, 2.45) is 0 Å². The van der Waals surface area contributed by atoms with E-state index in [9.17, 15) is 0 Å². The highest BCUT2D eigenvalue weighted by Crippen LogP contribution is 2.52. The summed E-state index contributed by atoms with van der Waals surface area (Å²) in [5, 5.41) is 0. The fourth-order valence-corrected chi connectivity index (χ4v) is 7.16. The molecule has 0 unspecified atom stereocenters. The van der Waals surface area contributed by atoms with Crippen LogP contribution in [0.15, 0.2) is 24.3 Å². The first kappa shape index (κ1) is 21.2. The lowest BCUT2D eigenvalue weighted by atomic mass is 10.0. The molecule has 1 heterocycles. The lowest BCUT2D eigenvalue weighted by Crippen LogP contribution is -2.53. The van der Waals surface area contributed by atoms with Crippen LogP contribution in [0.3, 0.4) is 0 Å². The molecule has 1 aliphatic rings. The van der Waals surface area contributed by atoms with Gasteiger partial charge in [-0.1, -0.05) is 27.7 Å². The highest BCUT2D eigenvalue weighted by Gasteiger charge is 2.51. The second-order valence-electron chi connectivity index (χ2n) is 7.64. The van der Waals surface area contributed by atoms with Crippen LogP contribution in [0.2, 0.25) is 11.1 Å². The standard InChI is InChI=1S/C22H30O6Si/c1-13(2)29(14(3)4)27-17-11-21(25-7)19(23-5)9-15(17)16-10-20(24-6)22(26-8)12-18(16)28-29/h9-14H,1-8H3. The second-order valence-corrected chi connectivity index (χ2v) is 11.8. The summed E-state index contributed by atoms with van der Waals surface area (Å²) in [6.07, 6.45) is 0. The first-order valence-electron chi connectivity index (χ1n) is 9.71. The number of fused-ring (bicyclic) bond motifs is 3. The van der Waals surface area contributed by atoms with Gasteiger partial charge in [-0.3, -0.25) is 0 Å². The van der Waals surface area contributed by atoms with Gasteiger partial charge >= 0.3 is 8.56 Å². The molecule has 0 fully saturated rings. The third kappa shape index (κ3) is 3.48. The summed E-state index contributed by atoms with van der Waals surface area (Å²) in [5.41, 5.74) is 2.16. The molecule has 2 aromatic carbocycles. The second kappa shape index (κ2) is 8.06. The Morgan fingerprint density at radius 1 is 0.586 bits per heavy atom. The maximum Gasteiger partial charge on any atom is 0.465 e. The van der Waals surface area contributed by atoms with Crippen LogP contribution in [0.1, 0.15) is 27.7 Å². The van der Waals surface area contributed by atoms with Crippen molar-refractivity contribution < 1.29 is 27.8 Å². The molecule has 0 amide bonds. The van der Waals surface area contributed by atoms with Crippen LogP contribution in [-0.2, 0) is 0 Å². The normalized spacial score (nSPS) is 14.3. The quantitative estimate of drug-likeness (QED) is 0.584. The van der Waals surface area contributed by atoms with E-state index < -0.39 is 8.56 Å². The number of hydrogen-bond acceptors (Lipinski definition) is 6. The molecule has 0 N–H and O–H groups in total. The molecule has 7 heteroatoms. The molecule has 0 saturated carbocycles. The van der Waals surface area contributed by atoms with Crippen molar-refractivity contribution in [3.05, 3.63) is 24.3 Å². The number of ether oxygens (including phenoxy) is 4. The van der Waals surface area contributed by atoms with Crippen molar-refractivity contribution in [3.63, 3.8) is 0 Å². The van der Waals surface area contributed by atoms with Crippen molar-refractivity contribution in [1.82, 2.24) is 0 Å². The van der Waals surface area contributed by atoms with Crippen molar-refractivity contribution >= 4 is 8.56 Å². The maximum atomic E-state index is 6.74. The fourth-order valence-electron chi connectivity index (χ4n) is 3.81. The Balaban J connectivity index is 2.37. The number of rotatable bonds is 6. The van der Waals surface area contributed by atoms with Gasteiger partial charge in [0.05, 0.1) is 28.4 Å². The summed E-state index contributed by atoms with van der Waals surface area (Å²) in [6.45, 7) is 8.60. The van der Waals surface area contributed by atoms with Gasteiger partial charge in [0.1, 0.15) is 11.5 Å². The molecule has 0 saturated heterocycles. The van der Waals surface area contributed by atoms with Gasteiger partial charge in [0.25, 0.3) is 0 Å². The molecule has 0 atom stereocenters. The Bertz CT molecular complexity index is 820. The van der Waals surface area contributed by atoms with Gasteiger partial charge < -0.3 is 27.8 Å². The average molecular weight is 419 g/mol. The average Bonchev–Trinajstić information content (AvgIpc) is 2.85. The number of methoxy groups -OCH3 is 4. The van der Waals surface area contributed by atoms with Gasteiger partial charge in [0.15, 0.2) is 23.0 Å². The van der Waals surface area contributed by atoms with Crippen molar-refractivity contribution in [1.29, 1.82) is 0 Å². The van der Waals surface area contributed by atoms with Gasteiger partial charge in [0, 0.05) is 34.3 Å². The Kier molecular flexibility index (Phi) is 5.89. The summed E-state index contributed by atoms with van der Waals surface area (Å²) >= 11 is 0. The zero-order chi connectivity index (χ0) is 21.3. The van der Waals surface area contributed by atoms with Crippen molar-refractivity contribution in [3.8, 4) is 45.6 Å². The van der Waals surface area contributed by atoms with E-state index in [0.29, 0.717) is 23.0 Å². The van der Waals surface area contributed by atoms with E-state index in [1.807, 2.05) is 24.3 Å². The molecule has 0 spiro atoms. The molecular weight excluding hydrogens is 388 g/mol. The number of benzene rings is 2. The molecule has 158 valence electrons. The molecule has 1 aliphatic heterocycles. The zero-order valence-corrected chi connectivity index (χ0v) is 19.4. The molecule has 0 radical (unpaired) electrons. The first-order chi connectivity index (χ1) is 13.8. The van der Waals surface area contributed by atoms with E-state index in [4.69, 9.17) is 27.8 Å². The Morgan fingerprint density at radius 3 is 1.17 bits per heavy atom. The van der Waals surface area contributed by atoms with Crippen LogP contribution in [-0.4, -0.2) is 37.0 Å². The molecule has 0 bridgehead atoms. The molecule has 0 aliphatic carbocycles. The van der Waals surface area contributed by atoms with E-state index in [1.165, 1.54) is 0 Å². The third-order valence-corrected chi connectivity index (χ3v) is 9.71. The van der Waals surface area contributed by atoms with E-state index in [2.05, 4.69) is 27.7 Å². The SMILES string of the molecule is COc1cc2c(cc1OC)-c1cc(OC)c(OC)cc1O[Si](C(C)C)(C(C)C)O2. The van der Waals surface area contributed by atoms with E-state index >= 15 is 0 Å². The topological polar surface area (TPSA) is 55.4 Å². The number of hydrogen-bond donors (Lipinski definition) is 0. The van der Waals surface area contributed by atoms with Gasteiger partial charge in [-0.05, 0) is 12.1 Å². The van der Waals surface area contributed by atoms with Crippen LogP contribution < -0.4 is 27.8 Å². The third-order valence-electron chi connectivity index (χ3n) is 5.41. The minimum absolute atomic E-state index is 0.211. The van der Waals surface area contributed by atoms with Crippen LogP contribution in [0.5, 0.6) is 34.5 Å².